The molecule has 4 saturated heterocycles. The second-order valence-electron chi connectivity index (χ2n) is 22.4. The number of fused-ring (bicyclic) bond motifs is 4. The molecule has 20 nitrogen and oxygen atoms in total. The van der Waals surface area contributed by atoms with Crippen LogP contribution in [0.15, 0.2) is 66.8 Å². The van der Waals surface area contributed by atoms with Gasteiger partial charge in [0.05, 0.1) is 61.5 Å². The van der Waals surface area contributed by atoms with E-state index in [2.05, 4.69) is 13.2 Å². The van der Waals surface area contributed by atoms with Gasteiger partial charge in [0.1, 0.15) is 24.4 Å². The number of ether oxygens (including phenoxy) is 11. The van der Waals surface area contributed by atoms with E-state index in [-0.39, 0.29) is 89.2 Å². The average Bonchev–Trinajstić information content (AvgIpc) is 4.15. The quantitative estimate of drug-likeness (QED) is 0.0889. The monoisotopic (exact) mass is 1080 g/mol. The number of nitrogens with zero attached hydrogens (tertiary/aromatic N) is 4. The highest BCUT2D eigenvalue weighted by Gasteiger charge is 2.51. The lowest BCUT2D eigenvalue weighted by Gasteiger charge is -2.39. The van der Waals surface area contributed by atoms with Gasteiger partial charge in [-0.2, -0.15) is 0 Å². The summed E-state index contributed by atoms with van der Waals surface area (Å²) in [7, 11) is 4.16. The molecule has 0 bridgehead atoms. The Morgan fingerprint density at radius 1 is 0.590 bits per heavy atom. The van der Waals surface area contributed by atoms with Gasteiger partial charge in [-0.3, -0.25) is 9.59 Å². The molecule has 0 spiro atoms. The second kappa shape index (κ2) is 22.8. The van der Waals surface area contributed by atoms with Crippen LogP contribution < -0.4 is 28.7 Å². The first-order valence-electron chi connectivity index (χ1n) is 26.6. The Balaban J connectivity index is 1.05. The highest BCUT2D eigenvalue weighted by molar-refractivity contribution is 6.07. The molecule has 420 valence electrons. The van der Waals surface area contributed by atoms with Crippen LogP contribution in [0, 0.1) is 0 Å². The van der Waals surface area contributed by atoms with E-state index < -0.39 is 66.5 Å². The Bertz CT molecular complexity index is 2650. The SMILES string of the molecule is C=C1C[C@H]2C(OC3CCCCO3)N(C(=O)OC(C)(C)C)c3cc(OCc4cc(COc5cc6c(cc5OC)C(=O)N5CC(=C)C[C@H]5[C@H](OC5CCCCO5)N6C(=O)OC(C)(C)C)cc(C(=O)OC)c4)c(OC)cc3C(=O)N2C1. The molecule has 6 atom stereocenters. The minimum Gasteiger partial charge on any atom is -0.493 e. The predicted octanol–water partition coefficient (Wildman–Crippen LogP) is 9.44. The maximum atomic E-state index is 14.6. The predicted molar refractivity (Wildman–Crippen MR) is 284 cm³/mol. The number of hydrogen-bond donors (Lipinski definition) is 0. The van der Waals surface area contributed by atoms with E-state index in [9.17, 15) is 24.0 Å². The lowest BCUT2D eigenvalue weighted by atomic mass is 10.1. The molecule has 3 aromatic rings. The molecule has 9 rings (SSSR count). The molecule has 6 aliphatic heterocycles. The Morgan fingerprint density at radius 3 is 1.37 bits per heavy atom. The number of amides is 4. The van der Waals surface area contributed by atoms with Crippen molar-refractivity contribution < 1.29 is 76.1 Å². The summed E-state index contributed by atoms with van der Waals surface area (Å²) in [5.74, 6) is -0.625. The van der Waals surface area contributed by atoms with E-state index in [0.717, 1.165) is 36.8 Å². The van der Waals surface area contributed by atoms with Crippen molar-refractivity contribution >= 4 is 41.3 Å². The molecule has 0 saturated carbocycles. The third-order valence-electron chi connectivity index (χ3n) is 14.1. The summed E-state index contributed by atoms with van der Waals surface area (Å²) in [6.07, 6.45) is 0.594. The normalized spacial score (nSPS) is 23.3. The zero-order valence-corrected chi connectivity index (χ0v) is 46.1. The Labute approximate surface area is 455 Å². The Morgan fingerprint density at radius 2 is 1.01 bits per heavy atom. The molecule has 0 aromatic heterocycles. The number of anilines is 2. The lowest BCUT2D eigenvalue weighted by Crippen LogP contribution is -2.54. The molecule has 78 heavy (non-hydrogen) atoms. The van der Waals surface area contributed by atoms with Gasteiger partial charge in [0.2, 0.25) is 0 Å². The summed E-state index contributed by atoms with van der Waals surface area (Å²) < 4.78 is 67.4. The number of rotatable bonds is 13. The highest BCUT2D eigenvalue weighted by atomic mass is 16.7. The molecular weight excluding hydrogens is 1010 g/mol. The number of carbonyl (C=O) groups excluding carboxylic acids is 5. The van der Waals surface area contributed by atoms with Gasteiger partial charge in [0.15, 0.2) is 48.0 Å². The van der Waals surface area contributed by atoms with E-state index >= 15 is 0 Å². The molecule has 0 radical (unpaired) electrons. The Kier molecular flexibility index (Phi) is 16.4. The van der Waals surface area contributed by atoms with Crippen LogP contribution in [0.2, 0.25) is 0 Å². The summed E-state index contributed by atoms with van der Waals surface area (Å²) in [4.78, 5) is 77.7. The van der Waals surface area contributed by atoms with E-state index in [1.807, 2.05) is 0 Å². The van der Waals surface area contributed by atoms with E-state index in [1.165, 1.54) is 43.3 Å². The third kappa shape index (κ3) is 12.1. The fraction of sp³-hybridized carbons (Fsp3) is 0.534. The van der Waals surface area contributed by atoms with Gasteiger partial charge in [-0.1, -0.05) is 24.3 Å². The largest absolute Gasteiger partial charge is 0.493 e. The maximum Gasteiger partial charge on any atom is 0.417 e. The minimum absolute atomic E-state index is 0.150. The van der Waals surface area contributed by atoms with Gasteiger partial charge in [-0.15, -0.1) is 0 Å². The molecule has 0 N–H and O–H groups in total. The molecule has 3 aromatic carbocycles. The maximum absolute atomic E-state index is 14.6. The second-order valence-corrected chi connectivity index (χ2v) is 22.4. The van der Waals surface area contributed by atoms with Crippen molar-refractivity contribution in [2.75, 3.05) is 57.4 Å². The summed E-state index contributed by atoms with van der Waals surface area (Å²) in [6.45, 7) is 20.1. The van der Waals surface area contributed by atoms with Gasteiger partial charge in [0, 0.05) is 38.4 Å². The minimum atomic E-state index is -1.03. The molecule has 6 aliphatic rings. The van der Waals surface area contributed by atoms with E-state index in [1.54, 1.807) is 81.7 Å². The van der Waals surface area contributed by atoms with Crippen molar-refractivity contribution in [3.63, 3.8) is 0 Å². The summed E-state index contributed by atoms with van der Waals surface area (Å²) in [6, 6.07) is 9.97. The number of methoxy groups -OCH3 is 3. The molecule has 20 heteroatoms. The fourth-order valence-electron chi connectivity index (χ4n) is 10.7. The van der Waals surface area contributed by atoms with Gasteiger partial charge in [-0.05, 0) is 134 Å². The van der Waals surface area contributed by atoms with Crippen molar-refractivity contribution in [2.24, 2.45) is 0 Å². The Hall–Kier alpha value is -6.87. The topological polar surface area (TPSA) is 200 Å². The zero-order chi connectivity index (χ0) is 55.8. The smallest absolute Gasteiger partial charge is 0.417 e. The van der Waals surface area contributed by atoms with Crippen molar-refractivity contribution in [3.05, 3.63) is 94.6 Å². The third-order valence-corrected chi connectivity index (χ3v) is 14.1. The van der Waals surface area contributed by atoms with Gasteiger partial charge in [0.25, 0.3) is 11.8 Å². The highest BCUT2D eigenvalue weighted by Crippen LogP contribution is 2.46. The first kappa shape index (κ1) is 55.9. The van der Waals surface area contributed by atoms with Crippen molar-refractivity contribution in [2.45, 2.75) is 154 Å². The number of esters is 1. The van der Waals surface area contributed by atoms with Crippen molar-refractivity contribution in [1.29, 1.82) is 0 Å². The van der Waals surface area contributed by atoms with Crippen LogP contribution in [0.3, 0.4) is 0 Å². The van der Waals surface area contributed by atoms with Crippen LogP contribution in [-0.4, -0.2) is 136 Å². The molecule has 0 aliphatic carbocycles. The zero-order valence-electron chi connectivity index (χ0n) is 46.1. The van der Waals surface area contributed by atoms with Crippen LogP contribution in [0.4, 0.5) is 21.0 Å². The van der Waals surface area contributed by atoms with Crippen LogP contribution in [-0.2, 0) is 46.4 Å². The standard InChI is InChI=1S/C58H72N4O16/c1-33-20-42-52(75-48-16-12-14-18-71-48)61(55(66)77-57(3,4)5)40-27-46(44(68-9)25-38(40)50(63)59(42)29-33)73-31-35-22-36(24-37(23-35)54(65)70-11)32-74-47-28-41-39(26-45(47)69-10)51(64)60-30-34(2)21-43(60)53(76-49-17-13-15-19-72-49)62(41)56(67)78-58(6,7)8/h22-28,42-43,48-49,52-53H,1-2,12-21,29-32H2,3-11H3/t42-,43-,48?,49?,52-,53?/m0/s1. The first-order valence-corrected chi connectivity index (χ1v) is 26.6. The van der Waals surface area contributed by atoms with Gasteiger partial charge in [-0.25, -0.2) is 24.2 Å². The summed E-state index contributed by atoms with van der Waals surface area (Å²) in [5, 5.41) is 0. The molecular formula is C58H72N4O16. The molecule has 4 fully saturated rings. The van der Waals surface area contributed by atoms with Gasteiger partial charge < -0.3 is 61.9 Å². The molecule has 6 heterocycles. The van der Waals surface area contributed by atoms with Gasteiger partial charge >= 0.3 is 18.2 Å². The average molecular weight is 1080 g/mol. The number of benzene rings is 3. The van der Waals surface area contributed by atoms with Crippen molar-refractivity contribution in [3.8, 4) is 23.0 Å². The lowest BCUT2D eigenvalue weighted by molar-refractivity contribution is -0.196. The summed E-state index contributed by atoms with van der Waals surface area (Å²) in [5.41, 5.74) is 1.64. The van der Waals surface area contributed by atoms with Crippen molar-refractivity contribution in [1.82, 2.24) is 9.80 Å². The van der Waals surface area contributed by atoms with Crippen LogP contribution in [0.25, 0.3) is 0 Å². The number of hydrogen-bond acceptors (Lipinski definition) is 16. The van der Waals surface area contributed by atoms with Crippen LogP contribution >= 0.6 is 0 Å². The molecule has 4 amide bonds. The van der Waals surface area contributed by atoms with E-state index in [0.29, 0.717) is 50.0 Å². The summed E-state index contributed by atoms with van der Waals surface area (Å²) >= 11 is 0. The van der Waals surface area contributed by atoms with Crippen LogP contribution in [0.5, 0.6) is 23.0 Å². The molecule has 3 unspecified atom stereocenters. The fourth-order valence-corrected chi connectivity index (χ4v) is 10.7. The van der Waals surface area contributed by atoms with Crippen LogP contribution in [0.1, 0.15) is 135 Å². The first-order chi connectivity index (χ1) is 37.1. The number of carbonyl (C=O) groups is 5. The van der Waals surface area contributed by atoms with E-state index in [4.69, 9.17) is 52.1 Å².